The molecule has 23 heavy (non-hydrogen) atoms. The van der Waals surface area contributed by atoms with Crippen molar-refractivity contribution in [3.8, 4) is 6.07 Å². The van der Waals surface area contributed by atoms with E-state index in [1.54, 1.807) is 16.2 Å². The lowest BCUT2D eigenvalue weighted by molar-refractivity contribution is -0.127. The van der Waals surface area contributed by atoms with Crippen LogP contribution in [0.1, 0.15) is 31.6 Å². The van der Waals surface area contributed by atoms with Crippen LogP contribution in [0.15, 0.2) is 34.3 Å². The Labute approximate surface area is 145 Å². The van der Waals surface area contributed by atoms with Gasteiger partial charge in [-0.3, -0.25) is 9.79 Å². The molecule has 6 heteroatoms. The molecule has 0 saturated carbocycles. The zero-order valence-corrected chi connectivity index (χ0v) is 15.3. The second kappa shape index (κ2) is 8.32. The molecule has 0 spiro atoms. The minimum Gasteiger partial charge on any atom is -0.343 e. The minimum absolute atomic E-state index is 0.0311. The van der Waals surface area contributed by atoms with E-state index < -0.39 is 0 Å². The van der Waals surface area contributed by atoms with Crippen LogP contribution in [0.25, 0.3) is 0 Å². The molecule has 1 unspecified atom stereocenters. The van der Waals surface area contributed by atoms with Gasteiger partial charge in [-0.05, 0) is 32.2 Å². The SMILES string of the molecule is CCN(CC)C(=O)CSC1=NC(C)=C[C@H](c2cccs2)C1C#N. The number of amides is 1. The van der Waals surface area contributed by atoms with Crippen molar-refractivity contribution in [2.24, 2.45) is 10.9 Å². The van der Waals surface area contributed by atoms with Crippen LogP contribution >= 0.6 is 23.1 Å². The minimum atomic E-state index is -0.313. The van der Waals surface area contributed by atoms with E-state index in [2.05, 4.69) is 23.2 Å². The number of aliphatic imine (C=N–C) groups is 1. The summed E-state index contributed by atoms with van der Waals surface area (Å²) in [6.07, 6.45) is 2.05. The van der Waals surface area contributed by atoms with Gasteiger partial charge in [-0.2, -0.15) is 5.26 Å². The Morgan fingerprint density at radius 1 is 1.48 bits per heavy atom. The molecule has 0 fully saturated rings. The topological polar surface area (TPSA) is 56.5 Å². The smallest absolute Gasteiger partial charge is 0.232 e. The maximum absolute atomic E-state index is 12.2. The number of carbonyl (C=O) groups is 1. The van der Waals surface area contributed by atoms with Crippen molar-refractivity contribution < 1.29 is 4.79 Å². The molecule has 2 rings (SSSR count). The van der Waals surface area contributed by atoms with Crippen LogP contribution in [0.3, 0.4) is 0 Å². The van der Waals surface area contributed by atoms with E-state index in [1.165, 1.54) is 16.6 Å². The molecule has 4 nitrogen and oxygen atoms in total. The molecule has 0 saturated heterocycles. The molecule has 2 atom stereocenters. The first-order valence-corrected chi connectivity index (χ1v) is 9.57. The van der Waals surface area contributed by atoms with E-state index in [0.29, 0.717) is 18.8 Å². The monoisotopic (exact) mass is 347 g/mol. The first-order chi connectivity index (χ1) is 11.1. The Kier molecular flexibility index (Phi) is 6.43. The molecule has 1 aromatic rings. The van der Waals surface area contributed by atoms with Gasteiger partial charge in [0.15, 0.2) is 0 Å². The van der Waals surface area contributed by atoms with Crippen molar-refractivity contribution in [1.29, 1.82) is 5.26 Å². The predicted molar refractivity (Wildman–Crippen MR) is 97.7 cm³/mol. The van der Waals surface area contributed by atoms with Crippen LogP contribution in [0.5, 0.6) is 0 Å². The summed E-state index contributed by atoms with van der Waals surface area (Å²) in [5.74, 6) is 0.151. The van der Waals surface area contributed by atoms with Gasteiger partial charge >= 0.3 is 0 Å². The lowest BCUT2D eigenvalue weighted by atomic mass is 9.90. The fourth-order valence-electron chi connectivity index (χ4n) is 2.58. The standard InChI is InChI=1S/C17H21N3OS2/c1-4-20(5-2)16(21)11-23-17-14(10-18)13(9-12(3)19-17)15-7-6-8-22-15/h6-9,13-14H,4-5,11H2,1-3H3/t13-,14?/m0/s1. The number of carbonyl (C=O) groups excluding carboxylic acids is 1. The Hall–Kier alpha value is -1.58. The highest BCUT2D eigenvalue weighted by Gasteiger charge is 2.31. The Balaban J connectivity index is 2.13. The van der Waals surface area contributed by atoms with Gasteiger partial charge in [-0.1, -0.05) is 23.9 Å². The Bertz CT molecular complexity index is 639. The fourth-order valence-corrected chi connectivity index (χ4v) is 4.45. The lowest BCUT2D eigenvalue weighted by Gasteiger charge is -2.24. The molecule has 1 aromatic heterocycles. The van der Waals surface area contributed by atoms with E-state index in [-0.39, 0.29) is 17.7 Å². The van der Waals surface area contributed by atoms with E-state index in [0.717, 1.165) is 10.7 Å². The third-order valence-electron chi connectivity index (χ3n) is 3.80. The molecular formula is C17H21N3OS2. The molecule has 0 radical (unpaired) electrons. The van der Waals surface area contributed by atoms with Crippen molar-refractivity contribution in [3.63, 3.8) is 0 Å². The van der Waals surface area contributed by atoms with Crippen LogP contribution in [-0.4, -0.2) is 34.7 Å². The van der Waals surface area contributed by atoms with Crippen molar-refractivity contribution in [3.05, 3.63) is 34.2 Å². The van der Waals surface area contributed by atoms with Crippen LogP contribution in [0.2, 0.25) is 0 Å². The van der Waals surface area contributed by atoms with E-state index >= 15 is 0 Å². The summed E-state index contributed by atoms with van der Waals surface area (Å²) in [6, 6.07) is 6.43. The third-order valence-corrected chi connectivity index (χ3v) is 5.81. The highest BCUT2D eigenvalue weighted by Crippen LogP contribution is 2.37. The average molecular weight is 348 g/mol. The molecule has 1 amide bonds. The summed E-state index contributed by atoms with van der Waals surface area (Å²) in [5.41, 5.74) is 0.910. The molecule has 1 aliphatic rings. The number of thiophene rings is 1. The Morgan fingerprint density at radius 2 is 2.22 bits per heavy atom. The Morgan fingerprint density at radius 3 is 2.78 bits per heavy atom. The fraction of sp³-hybridized carbons (Fsp3) is 0.471. The van der Waals surface area contributed by atoms with Crippen molar-refractivity contribution in [2.75, 3.05) is 18.8 Å². The number of allylic oxidation sites excluding steroid dienone is 2. The summed E-state index contributed by atoms with van der Waals surface area (Å²) in [7, 11) is 0. The molecular weight excluding hydrogens is 326 g/mol. The highest BCUT2D eigenvalue weighted by atomic mass is 32.2. The molecule has 0 aromatic carbocycles. The van der Waals surface area contributed by atoms with Crippen molar-refractivity contribution in [2.45, 2.75) is 26.7 Å². The summed E-state index contributed by atoms with van der Waals surface area (Å²) in [6.45, 7) is 7.31. The highest BCUT2D eigenvalue weighted by molar-refractivity contribution is 8.14. The second-order valence-electron chi connectivity index (χ2n) is 5.26. The zero-order chi connectivity index (χ0) is 16.8. The van der Waals surface area contributed by atoms with Crippen molar-refractivity contribution in [1.82, 2.24) is 4.90 Å². The summed E-state index contributed by atoms with van der Waals surface area (Å²) in [5, 5.41) is 12.4. The maximum atomic E-state index is 12.2. The van der Waals surface area contributed by atoms with E-state index in [1.807, 2.05) is 32.2 Å². The summed E-state index contributed by atoms with van der Waals surface area (Å²) in [4.78, 5) is 19.7. The number of hydrogen-bond acceptors (Lipinski definition) is 5. The molecule has 1 aliphatic heterocycles. The third kappa shape index (κ3) is 4.24. The summed E-state index contributed by atoms with van der Waals surface area (Å²) >= 11 is 3.06. The molecule has 122 valence electrons. The number of rotatable bonds is 5. The predicted octanol–water partition coefficient (Wildman–Crippen LogP) is 3.89. The first-order valence-electron chi connectivity index (χ1n) is 7.71. The summed E-state index contributed by atoms with van der Waals surface area (Å²) < 4.78 is 0. The van der Waals surface area contributed by atoms with Crippen LogP contribution in [0, 0.1) is 17.2 Å². The van der Waals surface area contributed by atoms with Gasteiger partial charge in [-0.25, -0.2) is 0 Å². The molecule has 0 aliphatic carbocycles. The largest absolute Gasteiger partial charge is 0.343 e. The number of thioether (sulfide) groups is 1. The molecule has 0 N–H and O–H groups in total. The van der Waals surface area contributed by atoms with Crippen LogP contribution in [0.4, 0.5) is 0 Å². The first kappa shape index (κ1) is 17.8. The average Bonchev–Trinajstić information content (AvgIpc) is 3.07. The van der Waals surface area contributed by atoms with Crippen LogP contribution < -0.4 is 0 Å². The quantitative estimate of drug-likeness (QED) is 0.812. The lowest BCUT2D eigenvalue weighted by Crippen LogP contribution is -2.33. The van der Waals surface area contributed by atoms with Gasteiger partial charge < -0.3 is 4.90 Å². The van der Waals surface area contributed by atoms with Gasteiger partial charge in [0.1, 0.15) is 5.92 Å². The van der Waals surface area contributed by atoms with E-state index in [9.17, 15) is 10.1 Å². The van der Waals surface area contributed by atoms with Gasteiger partial charge in [-0.15, -0.1) is 11.3 Å². The normalized spacial score (nSPS) is 20.4. The van der Waals surface area contributed by atoms with Gasteiger partial charge in [0.2, 0.25) is 5.91 Å². The number of nitriles is 1. The van der Waals surface area contributed by atoms with Crippen LogP contribution in [-0.2, 0) is 4.79 Å². The molecule has 0 bridgehead atoms. The second-order valence-corrected chi connectivity index (χ2v) is 7.24. The van der Waals surface area contributed by atoms with Gasteiger partial charge in [0, 0.05) is 29.6 Å². The zero-order valence-electron chi connectivity index (χ0n) is 13.7. The molecule has 2 heterocycles. The van der Waals surface area contributed by atoms with Gasteiger partial charge in [0.25, 0.3) is 0 Å². The van der Waals surface area contributed by atoms with Crippen molar-refractivity contribution >= 4 is 34.0 Å². The maximum Gasteiger partial charge on any atom is 0.232 e. The number of hydrogen-bond donors (Lipinski definition) is 0. The number of nitrogens with zero attached hydrogens (tertiary/aromatic N) is 3. The van der Waals surface area contributed by atoms with E-state index in [4.69, 9.17) is 0 Å². The van der Waals surface area contributed by atoms with Gasteiger partial charge in [0.05, 0.1) is 16.9 Å².